The molecule has 0 unspecified atom stereocenters. The lowest BCUT2D eigenvalue weighted by Crippen LogP contribution is -2.14. The minimum atomic E-state index is 0.174. The van der Waals surface area contributed by atoms with Crippen LogP contribution in [0.4, 0.5) is 0 Å². The van der Waals surface area contributed by atoms with Crippen molar-refractivity contribution >= 4 is 45.1 Å². The summed E-state index contributed by atoms with van der Waals surface area (Å²) in [5, 5.41) is 0.544. The number of Topliss-reactive ketones (excluding diaryl/α,β-unsaturated/α-hetero) is 1. The van der Waals surface area contributed by atoms with E-state index >= 15 is 0 Å². The van der Waals surface area contributed by atoms with Gasteiger partial charge in [-0.1, -0.05) is 17.7 Å². The van der Waals surface area contributed by atoms with Crippen LogP contribution in [0.15, 0.2) is 22.7 Å². The summed E-state index contributed by atoms with van der Waals surface area (Å²) in [5.41, 5.74) is 0.652. The van der Waals surface area contributed by atoms with Gasteiger partial charge in [0.15, 0.2) is 5.78 Å². The Morgan fingerprint density at radius 1 is 1.41 bits per heavy atom. The number of carbonyl (C=O) groups excluding carboxylic acids is 1. The lowest BCUT2D eigenvalue weighted by molar-refractivity contribution is 0.0959. The van der Waals surface area contributed by atoms with E-state index in [-0.39, 0.29) is 5.78 Å². The fourth-order valence-corrected chi connectivity index (χ4v) is 3.84. The molecule has 2 rings (SSSR count). The number of thioether (sulfide) groups is 1. The predicted octanol–water partition coefficient (Wildman–Crippen LogP) is 4.82. The molecular formula is C13H14BrClOS. The molecule has 1 heterocycles. The Kier molecular flexibility index (Phi) is 4.95. The van der Waals surface area contributed by atoms with E-state index in [1.165, 1.54) is 11.5 Å². The van der Waals surface area contributed by atoms with Crippen molar-refractivity contribution in [1.82, 2.24) is 0 Å². The number of ketones is 1. The second-order valence-electron chi connectivity index (χ2n) is 4.28. The topological polar surface area (TPSA) is 17.1 Å². The summed E-state index contributed by atoms with van der Waals surface area (Å²) in [6.07, 6.45) is 2.95. The molecule has 1 saturated heterocycles. The van der Waals surface area contributed by atoms with E-state index in [2.05, 4.69) is 15.9 Å². The summed E-state index contributed by atoms with van der Waals surface area (Å²) in [6, 6.07) is 5.53. The molecule has 0 N–H and O–H groups in total. The summed E-state index contributed by atoms with van der Waals surface area (Å²) >= 11 is 11.5. The molecule has 1 aliphatic rings. The molecule has 1 aliphatic heterocycles. The van der Waals surface area contributed by atoms with Gasteiger partial charge in [0, 0.05) is 16.5 Å². The quantitative estimate of drug-likeness (QED) is 0.738. The van der Waals surface area contributed by atoms with Crippen LogP contribution in [0.5, 0.6) is 0 Å². The Morgan fingerprint density at radius 2 is 2.12 bits per heavy atom. The molecule has 0 atom stereocenters. The Bertz CT molecular complexity index is 416. The first-order chi connectivity index (χ1) is 8.18. The molecular weight excluding hydrogens is 320 g/mol. The molecule has 0 amide bonds. The molecule has 0 aliphatic carbocycles. The molecule has 1 aromatic carbocycles. The fraction of sp³-hybridized carbons (Fsp3) is 0.462. The molecule has 4 heteroatoms. The maximum Gasteiger partial charge on any atom is 0.164 e. The molecule has 17 heavy (non-hydrogen) atoms. The molecule has 1 fully saturated rings. The van der Waals surface area contributed by atoms with Gasteiger partial charge in [0.25, 0.3) is 0 Å². The average Bonchev–Trinajstić information content (AvgIpc) is 2.34. The minimum absolute atomic E-state index is 0.174. The van der Waals surface area contributed by atoms with Gasteiger partial charge in [0.1, 0.15) is 0 Å². The van der Waals surface area contributed by atoms with Crippen molar-refractivity contribution in [2.24, 2.45) is 5.92 Å². The second kappa shape index (κ2) is 6.26. The summed E-state index contributed by atoms with van der Waals surface area (Å²) in [7, 11) is 0. The van der Waals surface area contributed by atoms with Crippen LogP contribution in [0, 0.1) is 5.92 Å². The fourth-order valence-electron chi connectivity index (χ4n) is 2.04. The predicted molar refractivity (Wildman–Crippen MR) is 78.1 cm³/mol. The van der Waals surface area contributed by atoms with E-state index in [9.17, 15) is 4.79 Å². The van der Waals surface area contributed by atoms with Crippen LogP contribution in [0.2, 0.25) is 5.02 Å². The molecule has 1 aromatic rings. The van der Waals surface area contributed by atoms with Crippen molar-refractivity contribution < 1.29 is 4.79 Å². The first kappa shape index (κ1) is 13.4. The molecule has 0 saturated carbocycles. The van der Waals surface area contributed by atoms with Crippen LogP contribution < -0.4 is 0 Å². The van der Waals surface area contributed by atoms with Gasteiger partial charge >= 0.3 is 0 Å². The Labute approximate surface area is 119 Å². The van der Waals surface area contributed by atoms with E-state index in [0.29, 0.717) is 22.9 Å². The van der Waals surface area contributed by atoms with Crippen molar-refractivity contribution in [3.63, 3.8) is 0 Å². The third-order valence-electron chi connectivity index (χ3n) is 3.07. The molecule has 0 bridgehead atoms. The standard InChI is InChI=1S/C13H14BrClOS/c14-11-3-1-2-10(13(11)15)12(16)8-9-4-6-17-7-5-9/h1-3,9H,4-8H2. The number of hydrogen-bond acceptors (Lipinski definition) is 2. The molecule has 0 radical (unpaired) electrons. The van der Waals surface area contributed by atoms with Crippen LogP contribution in [0.3, 0.4) is 0 Å². The van der Waals surface area contributed by atoms with E-state index in [0.717, 1.165) is 17.3 Å². The van der Waals surface area contributed by atoms with Crippen LogP contribution >= 0.6 is 39.3 Å². The van der Waals surface area contributed by atoms with Gasteiger partial charge in [0.05, 0.1) is 5.02 Å². The highest BCUT2D eigenvalue weighted by Gasteiger charge is 2.20. The zero-order valence-corrected chi connectivity index (χ0v) is 12.6. The van der Waals surface area contributed by atoms with Gasteiger partial charge in [-0.05, 0) is 58.3 Å². The monoisotopic (exact) mass is 332 g/mol. The molecule has 0 spiro atoms. The maximum atomic E-state index is 12.2. The Hall–Kier alpha value is 0.01000. The summed E-state index contributed by atoms with van der Waals surface area (Å²) in [4.78, 5) is 12.2. The van der Waals surface area contributed by atoms with Gasteiger partial charge in [-0.15, -0.1) is 0 Å². The molecule has 92 valence electrons. The zero-order chi connectivity index (χ0) is 12.3. The van der Waals surface area contributed by atoms with Gasteiger partial charge in [0.2, 0.25) is 0 Å². The SMILES string of the molecule is O=C(CC1CCSCC1)c1cccc(Br)c1Cl. The van der Waals surface area contributed by atoms with E-state index < -0.39 is 0 Å². The highest BCUT2D eigenvalue weighted by atomic mass is 79.9. The van der Waals surface area contributed by atoms with E-state index in [4.69, 9.17) is 11.6 Å². The van der Waals surface area contributed by atoms with Crippen LogP contribution in [0.25, 0.3) is 0 Å². The lowest BCUT2D eigenvalue weighted by Gasteiger charge is -2.20. The smallest absolute Gasteiger partial charge is 0.164 e. The second-order valence-corrected chi connectivity index (χ2v) is 6.74. The number of benzene rings is 1. The van der Waals surface area contributed by atoms with Gasteiger partial charge < -0.3 is 0 Å². The number of carbonyl (C=O) groups is 1. The van der Waals surface area contributed by atoms with Crippen molar-refractivity contribution in [2.45, 2.75) is 19.3 Å². The lowest BCUT2D eigenvalue weighted by atomic mass is 9.93. The van der Waals surface area contributed by atoms with Gasteiger partial charge in [-0.2, -0.15) is 11.8 Å². The summed E-state index contributed by atoms with van der Waals surface area (Å²) in [5.74, 6) is 3.08. The van der Waals surface area contributed by atoms with Gasteiger partial charge in [-0.3, -0.25) is 4.79 Å². The van der Waals surface area contributed by atoms with E-state index in [1.54, 1.807) is 0 Å². The van der Waals surface area contributed by atoms with Crippen LogP contribution in [-0.4, -0.2) is 17.3 Å². The maximum absolute atomic E-state index is 12.2. The highest BCUT2D eigenvalue weighted by molar-refractivity contribution is 9.10. The van der Waals surface area contributed by atoms with Gasteiger partial charge in [-0.25, -0.2) is 0 Å². The first-order valence-electron chi connectivity index (χ1n) is 5.73. The molecule has 1 nitrogen and oxygen atoms in total. The first-order valence-corrected chi connectivity index (χ1v) is 8.06. The average molecular weight is 334 g/mol. The van der Waals surface area contributed by atoms with Crippen LogP contribution in [-0.2, 0) is 0 Å². The Balaban J connectivity index is 2.06. The highest BCUT2D eigenvalue weighted by Crippen LogP contribution is 2.30. The minimum Gasteiger partial charge on any atom is -0.294 e. The number of rotatable bonds is 3. The zero-order valence-electron chi connectivity index (χ0n) is 9.42. The molecule has 0 aromatic heterocycles. The van der Waals surface area contributed by atoms with Crippen molar-refractivity contribution in [2.75, 3.05) is 11.5 Å². The largest absolute Gasteiger partial charge is 0.294 e. The third kappa shape index (κ3) is 3.49. The Morgan fingerprint density at radius 3 is 2.82 bits per heavy atom. The number of hydrogen-bond donors (Lipinski definition) is 0. The number of halogens is 2. The van der Waals surface area contributed by atoms with Crippen molar-refractivity contribution in [1.29, 1.82) is 0 Å². The van der Waals surface area contributed by atoms with Crippen molar-refractivity contribution in [3.8, 4) is 0 Å². The van der Waals surface area contributed by atoms with Crippen molar-refractivity contribution in [3.05, 3.63) is 33.3 Å². The van der Waals surface area contributed by atoms with E-state index in [1.807, 2.05) is 30.0 Å². The normalized spacial score (nSPS) is 17.1. The summed E-state index contributed by atoms with van der Waals surface area (Å²) in [6.45, 7) is 0. The van der Waals surface area contributed by atoms with Crippen LogP contribution in [0.1, 0.15) is 29.6 Å². The summed E-state index contributed by atoms with van der Waals surface area (Å²) < 4.78 is 0.796. The third-order valence-corrected chi connectivity index (χ3v) is 5.41.